The van der Waals surface area contributed by atoms with Crippen molar-refractivity contribution in [2.45, 2.75) is 27.3 Å². The zero-order valence-electron chi connectivity index (χ0n) is 17.2. The second-order valence-electron chi connectivity index (χ2n) is 7.41. The number of benzene rings is 2. The van der Waals surface area contributed by atoms with Crippen LogP contribution in [-0.4, -0.2) is 55.0 Å². The molecule has 1 N–H and O–H groups in total. The fraction of sp³-hybridized carbons (Fsp3) is 0.435. The van der Waals surface area contributed by atoms with E-state index in [0.717, 1.165) is 55.3 Å². The first-order valence-electron chi connectivity index (χ1n) is 10.1. The van der Waals surface area contributed by atoms with E-state index in [1.165, 1.54) is 5.56 Å². The van der Waals surface area contributed by atoms with Gasteiger partial charge in [0.25, 0.3) is 0 Å². The number of nitrogens with one attached hydrogen (secondary N) is 1. The molecule has 0 aromatic heterocycles. The van der Waals surface area contributed by atoms with Crippen molar-refractivity contribution in [2.75, 3.05) is 44.6 Å². The lowest BCUT2D eigenvalue weighted by Crippen LogP contribution is -2.48. The predicted molar refractivity (Wildman–Crippen MR) is 114 cm³/mol. The van der Waals surface area contributed by atoms with E-state index in [4.69, 9.17) is 4.74 Å². The maximum Gasteiger partial charge on any atom is 0.238 e. The molecule has 5 heteroatoms. The van der Waals surface area contributed by atoms with Gasteiger partial charge in [0.2, 0.25) is 5.91 Å². The van der Waals surface area contributed by atoms with E-state index in [2.05, 4.69) is 27.2 Å². The van der Waals surface area contributed by atoms with Crippen LogP contribution in [0.1, 0.15) is 23.6 Å². The average Bonchev–Trinajstić information content (AvgIpc) is 2.68. The number of carbonyl (C=O) groups is 1. The first kappa shape index (κ1) is 20.4. The van der Waals surface area contributed by atoms with Crippen molar-refractivity contribution in [3.8, 4) is 5.75 Å². The van der Waals surface area contributed by atoms with Crippen molar-refractivity contribution in [3.05, 3.63) is 59.2 Å². The van der Waals surface area contributed by atoms with E-state index >= 15 is 0 Å². The third kappa shape index (κ3) is 5.33. The quantitative estimate of drug-likeness (QED) is 0.798. The summed E-state index contributed by atoms with van der Waals surface area (Å²) in [5.74, 6) is 1.04. The SMILES string of the molecule is CCOc1ccccc1CN1CCN(CC(=O)Nc2c(C)cccc2C)CC1. The molecule has 0 aliphatic carbocycles. The molecular weight excluding hydrogens is 350 g/mol. The van der Waals surface area contributed by atoms with Crippen LogP contribution in [0.2, 0.25) is 0 Å². The highest BCUT2D eigenvalue weighted by Crippen LogP contribution is 2.21. The van der Waals surface area contributed by atoms with E-state index in [1.807, 2.05) is 51.1 Å². The molecular formula is C23H31N3O2. The fourth-order valence-electron chi connectivity index (χ4n) is 3.67. The van der Waals surface area contributed by atoms with Crippen LogP contribution in [0.4, 0.5) is 5.69 Å². The van der Waals surface area contributed by atoms with Crippen molar-refractivity contribution in [1.82, 2.24) is 9.80 Å². The molecule has 0 bridgehead atoms. The normalized spacial score (nSPS) is 15.4. The largest absolute Gasteiger partial charge is 0.494 e. The van der Waals surface area contributed by atoms with E-state index in [9.17, 15) is 4.79 Å². The first-order chi connectivity index (χ1) is 13.6. The van der Waals surface area contributed by atoms with Gasteiger partial charge in [-0.3, -0.25) is 14.6 Å². The highest BCUT2D eigenvalue weighted by molar-refractivity contribution is 5.93. The van der Waals surface area contributed by atoms with Crippen LogP contribution in [0.3, 0.4) is 0 Å². The maximum absolute atomic E-state index is 12.5. The van der Waals surface area contributed by atoms with Gasteiger partial charge in [0.1, 0.15) is 5.75 Å². The van der Waals surface area contributed by atoms with Crippen LogP contribution in [0.5, 0.6) is 5.75 Å². The molecule has 0 radical (unpaired) electrons. The van der Waals surface area contributed by atoms with E-state index in [1.54, 1.807) is 0 Å². The molecule has 1 aliphatic rings. The Morgan fingerprint density at radius 1 is 0.964 bits per heavy atom. The molecule has 5 nitrogen and oxygen atoms in total. The van der Waals surface area contributed by atoms with E-state index in [0.29, 0.717) is 13.2 Å². The Bertz CT molecular complexity index is 778. The van der Waals surface area contributed by atoms with Gasteiger partial charge >= 0.3 is 0 Å². The van der Waals surface area contributed by atoms with E-state index < -0.39 is 0 Å². The Morgan fingerprint density at radius 2 is 1.61 bits per heavy atom. The minimum atomic E-state index is 0.0625. The Balaban J connectivity index is 1.48. The number of para-hydroxylation sites is 2. The number of aryl methyl sites for hydroxylation is 2. The van der Waals surface area contributed by atoms with Crippen LogP contribution < -0.4 is 10.1 Å². The minimum absolute atomic E-state index is 0.0625. The fourth-order valence-corrected chi connectivity index (χ4v) is 3.67. The summed E-state index contributed by atoms with van der Waals surface area (Å²) in [6, 6.07) is 14.3. The summed E-state index contributed by atoms with van der Waals surface area (Å²) < 4.78 is 5.74. The monoisotopic (exact) mass is 381 g/mol. The predicted octanol–water partition coefficient (Wildman–Crippen LogP) is 3.46. The third-order valence-electron chi connectivity index (χ3n) is 5.24. The number of ether oxygens (including phenoxy) is 1. The molecule has 0 unspecified atom stereocenters. The number of nitrogens with zero attached hydrogens (tertiary/aromatic N) is 2. The Hall–Kier alpha value is -2.37. The highest BCUT2D eigenvalue weighted by atomic mass is 16.5. The minimum Gasteiger partial charge on any atom is -0.494 e. The number of rotatable bonds is 7. The summed E-state index contributed by atoms with van der Waals surface area (Å²) >= 11 is 0. The van der Waals surface area contributed by atoms with Gasteiger partial charge in [0.15, 0.2) is 0 Å². The average molecular weight is 382 g/mol. The Morgan fingerprint density at radius 3 is 2.29 bits per heavy atom. The van der Waals surface area contributed by atoms with Crippen LogP contribution in [-0.2, 0) is 11.3 Å². The Labute approximate surface area is 168 Å². The summed E-state index contributed by atoms with van der Waals surface area (Å²) in [5, 5.41) is 3.09. The summed E-state index contributed by atoms with van der Waals surface area (Å²) in [6.07, 6.45) is 0. The molecule has 150 valence electrons. The molecule has 2 aromatic carbocycles. The second-order valence-corrected chi connectivity index (χ2v) is 7.41. The molecule has 1 aliphatic heterocycles. The molecule has 1 amide bonds. The lowest BCUT2D eigenvalue weighted by Gasteiger charge is -2.34. The lowest BCUT2D eigenvalue weighted by molar-refractivity contribution is -0.117. The van der Waals surface area contributed by atoms with Gasteiger partial charge in [-0.15, -0.1) is 0 Å². The third-order valence-corrected chi connectivity index (χ3v) is 5.24. The zero-order chi connectivity index (χ0) is 19.9. The number of carbonyl (C=O) groups excluding carboxylic acids is 1. The van der Waals surface area contributed by atoms with Crippen molar-refractivity contribution in [1.29, 1.82) is 0 Å². The number of piperazine rings is 1. The molecule has 2 aromatic rings. The van der Waals surface area contributed by atoms with Crippen molar-refractivity contribution < 1.29 is 9.53 Å². The smallest absolute Gasteiger partial charge is 0.238 e. The zero-order valence-corrected chi connectivity index (χ0v) is 17.2. The first-order valence-corrected chi connectivity index (χ1v) is 10.1. The molecule has 0 atom stereocenters. The van der Waals surface area contributed by atoms with Crippen LogP contribution in [0.25, 0.3) is 0 Å². The number of amides is 1. The highest BCUT2D eigenvalue weighted by Gasteiger charge is 2.20. The van der Waals surface area contributed by atoms with Gasteiger partial charge in [-0.1, -0.05) is 36.4 Å². The maximum atomic E-state index is 12.5. The molecule has 1 saturated heterocycles. The summed E-state index contributed by atoms with van der Waals surface area (Å²) in [4.78, 5) is 17.1. The lowest BCUT2D eigenvalue weighted by atomic mass is 10.1. The molecule has 0 spiro atoms. The topological polar surface area (TPSA) is 44.8 Å². The van der Waals surface area contributed by atoms with Gasteiger partial charge in [-0.25, -0.2) is 0 Å². The van der Waals surface area contributed by atoms with Crippen molar-refractivity contribution >= 4 is 11.6 Å². The van der Waals surface area contributed by atoms with Crippen molar-refractivity contribution in [3.63, 3.8) is 0 Å². The molecule has 1 fully saturated rings. The number of hydrogen-bond donors (Lipinski definition) is 1. The molecule has 3 rings (SSSR count). The van der Waals surface area contributed by atoms with Gasteiger partial charge in [0, 0.05) is 44.0 Å². The molecule has 28 heavy (non-hydrogen) atoms. The summed E-state index contributed by atoms with van der Waals surface area (Å²) in [7, 11) is 0. The van der Waals surface area contributed by atoms with Crippen molar-refractivity contribution in [2.24, 2.45) is 0 Å². The Kier molecular flexibility index (Phi) is 7.06. The van der Waals surface area contributed by atoms with Crippen LogP contribution in [0, 0.1) is 13.8 Å². The van der Waals surface area contributed by atoms with Gasteiger partial charge < -0.3 is 10.1 Å². The van der Waals surface area contributed by atoms with E-state index in [-0.39, 0.29) is 5.91 Å². The molecule has 1 heterocycles. The summed E-state index contributed by atoms with van der Waals surface area (Å²) in [5.41, 5.74) is 4.38. The van der Waals surface area contributed by atoms with Gasteiger partial charge in [0.05, 0.1) is 13.2 Å². The molecule has 0 saturated carbocycles. The van der Waals surface area contributed by atoms with Crippen LogP contribution in [0.15, 0.2) is 42.5 Å². The van der Waals surface area contributed by atoms with Gasteiger partial charge in [-0.05, 0) is 38.0 Å². The van der Waals surface area contributed by atoms with Gasteiger partial charge in [-0.2, -0.15) is 0 Å². The second kappa shape index (κ2) is 9.71. The number of hydrogen-bond acceptors (Lipinski definition) is 4. The number of anilines is 1. The van der Waals surface area contributed by atoms with Crippen LogP contribution >= 0.6 is 0 Å². The standard InChI is InChI=1S/C23H31N3O2/c1-4-28-21-11-6-5-10-20(21)16-25-12-14-26(15-13-25)17-22(27)24-23-18(2)8-7-9-19(23)3/h5-11H,4,12-17H2,1-3H3,(H,24,27). The summed E-state index contributed by atoms with van der Waals surface area (Å²) in [6.45, 7) is 11.8.